The molecule has 1 aliphatic heterocycles. The van der Waals surface area contributed by atoms with E-state index in [0.717, 1.165) is 11.3 Å². The third kappa shape index (κ3) is 4.43. The standard InChI is InChI=1S/C19H21ClN2O4S/c1-2-19(23)22-11-9-14-13-15(7-8-17(14)22)27(24,25)21-10-12-26-18-6-4-3-5-16(18)20/h3-8,13,21H,2,9-12H2,1H3. The van der Waals surface area contributed by atoms with E-state index in [1.54, 1.807) is 41.3 Å². The molecule has 3 rings (SSSR count). The summed E-state index contributed by atoms with van der Waals surface area (Å²) in [5.74, 6) is 0.552. The Hall–Kier alpha value is -2.09. The van der Waals surface area contributed by atoms with Gasteiger partial charge in [-0.1, -0.05) is 30.7 Å². The van der Waals surface area contributed by atoms with Crippen molar-refractivity contribution in [1.82, 2.24) is 4.72 Å². The maximum atomic E-state index is 12.5. The van der Waals surface area contributed by atoms with E-state index in [1.807, 2.05) is 6.92 Å². The number of benzene rings is 2. The maximum absolute atomic E-state index is 12.5. The van der Waals surface area contributed by atoms with Gasteiger partial charge in [0.25, 0.3) is 0 Å². The van der Waals surface area contributed by atoms with E-state index >= 15 is 0 Å². The molecule has 2 aromatic rings. The van der Waals surface area contributed by atoms with Crippen LogP contribution in [0, 0.1) is 0 Å². The minimum atomic E-state index is -3.66. The number of fused-ring (bicyclic) bond motifs is 1. The number of ether oxygens (including phenoxy) is 1. The van der Waals surface area contributed by atoms with Crippen molar-refractivity contribution < 1.29 is 17.9 Å². The average molecular weight is 409 g/mol. The SMILES string of the molecule is CCC(=O)N1CCc2cc(S(=O)(=O)NCCOc3ccccc3Cl)ccc21. The first-order valence-electron chi connectivity index (χ1n) is 8.72. The Kier molecular flexibility index (Phi) is 6.04. The zero-order valence-corrected chi connectivity index (χ0v) is 16.5. The molecule has 1 heterocycles. The van der Waals surface area contributed by atoms with E-state index in [1.165, 1.54) is 6.07 Å². The molecular weight excluding hydrogens is 388 g/mol. The second-order valence-electron chi connectivity index (χ2n) is 6.12. The number of nitrogens with zero attached hydrogens (tertiary/aromatic N) is 1. The lowest BCUT2D eigenvalue weighted by Crippen LogP contribution is -2.29. The summed E-state index contributed by atoms with van der Waals surface area (Å²) in [6, 6.07) is 11.9. The van der Waals surface area contributed by atoms with Crippen molar-refractivity contribution in [1.29, 1.82) is 0 Å². The monoisotopic (exact) mass is 408 g/mol. The molecule has 0 radical (unpaired) electrons. The largest absolute Gasteiger partial charge is 0.491 e. The number of sulfonamides is 1. The molecule has 0 saturated heterocycles. The Morgan fingerprint density at radius 1 is 1.26 bits per heavy atom. The van der Waals surface area contributed by atoms with Gasteiger partial charge in [-0.05, 0) is 42.3 Å². The highest BCUT2D eigenvalue weighted by Gasteiger charge is 2.25. The number of para-hydroxylation sites is 1. The lowest BCUT2D eigenvalue weighted by Gasteiger charge is -2.16. The van der Waals surface area contributed by atoms with Crippen LogP contribution in [0.1, 0.15) is 18.9 Å². The zero-order chi connectivity index (χ0) is 19.4. The lowest BCUT2D eigenvalue weighted by atomic mass is 10.2. The van der Waals surface area contributed by atoms with Crippen molar-refractivity contribution in [2.75, 3.05) is 24.6 Å². The molecule has 1 amide bonds. The van der Waals surface area contributed by atoms with Crippen molar-refractivity contribution in [3.8, 4) is 5.75 Å². The molecule has 0 aliphatic carbocycles. The normalized spacial score (nSPS) is 13.5. The summed E-state index contributed by atoms with van der Waals surface area (Å²) in [6.45, 7) is 2.68. The second-order valence-corrected chi connectivity index (χ2v) is 8.29. The highest BCUT2D eigenvalue weighted by atomic mass is 35.5. The minimum Gasteiger partial charge on any atom is -0.491 e. The van der Waals surface area contributed by atoms with Crippen molar-refractivity contribution >= 4 is 33.2 Å². The topological polar surface area (TPSA) is 75.7 Å². The van der Waals surface area contributed by atoms with Gasteiger partial charge in [0.15, 0.2) is 0 Å². The van der Waals surface area contributed by atoms with Gasteiger partial charge in [0, 0.05) is 25.2 Å². The van der Waals surface area contributed by atoms with Gasteiger partial charge in [0.05, 0.1) is 9.92 Å². The van der Waals surface area contributed by atoms with Crippen LogP contribution < -0.4 is 14.4 Å². The fourth-order valence-electron chi connectivity index (χ4n) is 2.98. The molecule has 0 atom stereocenters. The summed E-state index contributed by atoms with van der Waals surface area (Å²) in [4.78, 5) is 13.8. The van der Waals surface area contributed by atoms with Gasteiger partial charge < -0.3 is 9.64 Å². The fraction of sp³-hybridized carbons (Fsp3) is 0.316. The molecule has 0 unspecified atom stereocenters. The molecule has 6 nitrogen and oxygen atoms in total. The van der Waals surface area contributed by atoms with Crippen LogP contribution in [-0.4, -0.2) is 34.0 Å². The highest BCUT2D eigenvalue weighted by Crippen LogP contribution is 2.30. The Morgan fingerprint density at radius 2 is 2.04 bits per heavy atom. The Bertz CT molecular complexity index is 946. The number of amides is 1. The number of nitrogens with one attached hydrogen (secondary N) is 1. The van der Waals surface area contributed by atoms with Crippen LogP contribution in [0.15, 0.2) is 47.4 Å². The van der Waals surface area contributed by atoms with Gasteiger partial charge in [-0.3, -0.25) is 4.79 Å². The Labute approximate surface area is 164 Å². The lowest BCUT2D eigenvalue weighted by molar-refractivity contribution is -0.118. The molecule has 0 saturated carbocycles. The molecule has 144 valence electrons. The predicted molar refractivity (Wildman–Crippen MR) is 105 cm³/mol. The summed E-state index contributed by atoms with van der Waals surface area (Å²) < 4.78 is 33.0. The number of halogens is 1. The van der Waals surface area contributed by atoms with Crippen LogP contribution in [-0.2, 0) is 21.2 Å². The maximum Gasteiger partial charge on any atom is 0.240 e. The average Bonchev–Trinajstić information content (AvgIpc) is 3.09. The van der Waals surface area contributed by atoms with Gasteiger partial charge in [-0.25, -0.2) is 13.1 Å². The van der Waals surface area contributed by atoms with Crippen LogP contribution in [0.3, 0.4) is 0 Å². The van der Waals surface area contributed by atoms with Crippen molar-refractivity contribution in [2.45, 2.75) is 24.7 Å². The Balaban J connectivity index is 1.62. The molecular formula is C19H21ClN2O4S. The molecule has 8 heteroatoms. The zero-order valence-electron chi connectivity index (χ0n) is 14.9. The smallest absolute Gasteiger partial charge is 0.240 e. The van der Waals surface area contributed by atoms with Gasteiger partial charge in [0.2, 0.25) is 15.9 Å². The number of anilines is 1. The number of carbonyl (C=O) groups is 1. The Morgan fingerprint density at radius 3 is 2.78 bits per heavy atom. The molecule has 0 spiro atoms. The van der Waals surface area contributed by atoms with E-state index in [4.69, 9.17) is 16.3 Å². The van der Waals surface area contributed by atoms with Gasteiger partial charge in [-0.15, -0.1) is 0 Å². The number of carbonyl (C=O) groups excluding carboxylic acids is 1. The molecule has 0 bridgehead atoms. The summed E-state index contributed by atoms with van der Waals surface area (Å²) in [7, 11) is -3.66. The second kappa shape index (κ2) is 8.29. The first-order valence-corrected chi connectivity index (χ1v) is 10.6. The van der Waals surface area contributed by atoms with Crippen LogP contribution >= 0.6 is 11.6 Å². The van der Waals surface area contributed by atoms with Gasteiger partial charge in [0.1, 0.15) is 12.4 Å². The van der Waals surface area contributed by atoms with E-state index < -0.39 is 10.0 Å². The number of hydrogen-bond acceptors (Lipinski definition) is 4. The van der Waals surface area contributed by atoms with E-state index in [0.29, 0.717) is 30.2 Å². The predicted octanol–water partition coefficient (Wildman–Crippen LogP) is 3.00. The van der Waals surface area contributed by atoms with E-state index in [9.17, 15) is 13.2 Å². The third-order valence-electron chi connectivity index (χ3n) is 4.35. The van der Waals surface area contributed by atoms with E-state index in [2.05, 4.69) is 4.72 Å². The quantitative estimate of drug-likeness (QED) is 0.714. The van der Waals surface area contributed by atoms with Crippen LogP contribution in [0.4, 0.5) is 5.69 Å². The molecule has 0 fully saturated rings. The van der Waals surface area contributed by atoms with Crippen molar-refractivity contribution in [2.24, 2.45) is 0 Å². The first-order chi connectivity index (χ1) is 12.9. The number of hydrogen-bond donors (Lipinski definition) is 1. The molecule has 1 N–H and O–H groups in total. The highest BCUT2D eigenvalue weighted by molar-refractivity contribution is 7.89. The van der Waals surface area contributed by atoms with Crippen molar-refractivity contribution in [3.63, 3.8) is 0 Å². The molecule has 27 heavy (non-hydrogen) atoms. The van der Waals surface area contributed by atoms with E-state index in [-0.39, 0.29) is 24.0 Å². The molecule has 2 aromatic carbocycles. The summed E-state index contributed by atoms with van der Waals surface area (Å²) >= 11 is 6.00. The first kappa shape index (κ1) is 19.7. The minimum absolute atomic E-state index is 0.0409. The summed E-state index contributed by atoms with van der Waals surface area (Å²) in [6.07, 6.45) is 1.08. The van der Waals surface area contributed by atoms with Crippen LogP contribution in [0.25, 0.3) is 0 Å². The van der Waals surface area contributed by atoms with Crippen LogP contribution in [0.5, 0.6) is 5.75 Å². The summed E-state index contributed by atoms with van der Waals surface area (Å²) in [5, 5.41) is 0.477. The van der Waals surface area contributed by atoms with Crippen LogP contribution in [0.2, 0.25) is 5.02 Å². The third-order valence-corrected chi connectivity index (χ3v) is 6.12. The molecule has 1 aliphatic rings. The van der Waals surface area contributed by atoms with Crippen molar-refractivity contribution in [3.05, 3.63) is 53.1 Å². The van der Waals surface area contributed by atoms with Gasteiger partial charge in [-0.2, -0.15) is 0 Å². The number of rotatable bonds is 7. The molecule has 0 aromatic heterocycles. The van der Waals surface area contributed by atoms with Gasteiger partial charge >= 0.3 is 0 Å². The summed E-state index contributed by atoms with van der Waals surface area (Å²) in [5.41, 5.74) is 1.66. The fourth-order valence-corrected chi connectivity index (χ4v) is 4.23.